The van der Waals surface area contributed by atoms with E-state index in [0.29, 0.717) is 17.1 Å². The summed E-state index contributed by atoms with van der Waals surface area (Å²) in [7, 11) is 3.80. The molecule has 1 fully saturated rings. The van der Waals surface area contributed by atoms with Crippen molar-refractivity contribution in [3.63, 3.8) is 0 Å². The van der Waals surface area contributed by atoms with Crippen molar-refractivity contribution >= 4 is 16.9 Å². The maximum Gasteiger partial charge on any atom is 0.352 e. The van der Waals surface area contributed by atoms with Gasteiger partial charge in [-0.15, -0.1) is 0 Å². The summed E-state index contributed by atoms with van der Waals surface area (Å²) in [6, 6.07) is 9.02. The summed E-state index contributed by atoms with van der Waals surface area (Å²) in [4.78, 5) is 22.2. The normalized spacial score (nSPS) is 15.6. The third-order valence-corrected chi connectivity index (χ3v) is 5.00. The number of para-hydroxylation sites is 1. The molecule has 8 heteroatoms. The fourth-order valence-corrected chi connectivity index (χ4v) is 3.47. The lowest BCUT2D eigenvalue weighted by Crippen LogP contribution is -2.35. The summed E-state index contributed by atoms with van der Waals surface area (Å²) in [6.45, 7) is 1.98. The molecule has 1 saturated heterocycles. The number of aromatic nitrogens is 3. The lowest BCUT2D eigenvalue weighted by atomic mass is 10.1. The van der Waals surface area contributed by atoms with Gasteiger partial charge in [-0.3, -0.25) is 0 Å². The van der Waals surface area contributed by atoms with E-state index in [2.05, 4.69) is 21.9 Å². The van der Waals surface area contributed by atoms with E-state index in [4.69, 9.17) is 9.47 Å². The Morgan fingerprint density at radius 3 is 2.75 bits per heavy atom. The molecule has 0 atom stereocenters. The van der Waals surface area contributed by atoms with Gasteiger partial charge in [0.05, 0.1) is 5.52 Å². The van der Waals surface area contributed by atoms with Crippen LogP contribution in [-0.4, -0.2) is 56.8 Å². The number of hydrogen-bond donors (Lipinski definition) is 1. The monoisotopic (exact) mass is 382 g/mol. The van der Waals surface area contributed by atoms with E-state index in [1.807, 2.05) is 12.1 Å². The number of carboxylic acid groups (broad SMARTS) is 1. The second-order valence-corrected chi connectivity index (χ2v) is 6.99. The molecule has 0 bridgehead atoms. The molecule has 1 aromatic carbocycles. The number of likely N-dealkylation sites (tertiary alicyclic amines) is 1. The Hall–Kier alpha value is -3.13. The van der Waals surface area contributed by atoms with Crippen LogP contribution in [0.5, 0.6) is 17.6 Å². The highest BCUT2D eigenvalue weighted by molar-refractivity contribution is 5.96. The molecule has 0 amide bonds. The van der Waals surface area contributed by atoms with Crippen molar-refractivity contribution in [1.82, 2.24) is 19.4 Å². The molecule has 8 nitrogen and oxygen atoms in total. The summed E-state index contributed by atoms with van der Waals surface area (Å²) in [5.41, 5.74) is 0.885. The lowest BCUT2D eigenvalue weighted by Gasteiger charge is -2.28. The van der Waals surface area contributed by atoms with Crippen LogP contribution in [0.2, 0.25) is 0 Å². The van der Waals surface area contributed by atoms with Crippen LogP contribution in [0.15, 0.2) is 36.5 Å². The van der Waals surface area contributed by atoms with E-state index in [0.717, 1.165) is 31.3 Å². The van der Waals surface area contributed by atoms with E-state index >= 15 is 0 Å². The number of aromatic carboxylic acids is 1. The molecule has 146 valence electrons. The van der Waals surface area contributed by atoms with Crippen molar-refractivity contribution in [3.05, 3.63) is 42.2 Å². The van der Waals surface area contributed by atoms with Crippen LogP contribution in [0.3, 0.4) is 0 Å². The maximum atomic E-state index is 11.4. The SMILES string of the molecule is CN1CCC(Oc2nccc(Oc3cccc4cc(C(=O)O)n(C)c34)n2)CC1. The number of carbonyl (C=O) groups is 1. The first kappa shape index (κ1) is 18.2. The number of ether oxygens (including phenoxy) is 2. The van der Waals surface area contributed by atoms with Crippen molar-refractivity contribution in [2.75, 3.05) is 20.1 Å². The number of carboxylic acids is 1. The molecule has 0 radical (unpaired) electrons. The first-order chi connectivity index (χ1) is 13.5. The van der Waals surface area contributed by atoms with Crippen molar-refractivity contribution in [1.29, 1.82) is 0 Å². The number of fused-ring (bicyclic) bond motifs is 1. The number of hydrogen-bond acceptors (Lipinski definition) is 6. The Labute approximate surface area is 162 Å². The van der Waals surface area contributed by atoms with Gasteiger partial charge in [0, 0.05) is 37.8 Å². The lowest BCUT2D eigenvalue weighted by molar-refractivity contribution is 0.0687. The van der Waals surface area contributed by atoms with E-state index in [9.17, 15) is 9.90 Å². The van der Waals surface area contributed by atoms with Gasteiger partial charge in [-0.25, -0.2) is 9.78 Å². The average Bonchev–Trinajstić information content (AvgIpc) is 3.02. The molecule has 0 unspecified atom stereocenters. The van der Waals surface area contributed by atoms with Gasteiger partial charge < -0.3 is 24.0 Å². The van der Waals surface area contributed by atoms with E-state index in [-0.39, 0.29) is 17.8 Å². The predicted octanol–water partition coefficient (Wildman–Crippen LogP) is 2.93. The van der Waals surface area contributed by atoms with E-state index < -0.39 is 5.97 Å². The van der Waals surface area contributed by atoms with Crippen molar-refractivity contribution in [3.8, 4) is 17.6 Å². The molecule has 0 spiro atoms. The van der Waals surface area contributed by atoms with Crippen LogP contribution in [0.1, 0.15) is 23.3 Å². The molecule has 3 aromatic rings. The molecule has 1 aliphatic rings. The van der Waals surface area contributed by atoms with Crippen LogP contribution in [-0.2, 0) is 7.05 Å². The number of nitrogens with zero attached hydrogens (tertiary/aromatic N) is 4. The number of piperidine rings is 1. The second kappa shape index (κ2) is 7.47. The molecule has 28 heavy (non-hydrogen) atoms. The van der Waals surface area contributed by atoms with Crippen molar-refractivity contribution in [2.24, 2.45) is 7.05 Å². The number of rotatable bonds is 5. The van der Waals surface area contributed by atoms with Crippen LogP contribution in [0.4, 0.5) is 0 Å². The summed E-state index contributed by atoms with van der Waals surface area (Å²) >= 11 is 0. The van der Waals surface area contributed by atoms with Gasteiger partial charge in [0.1, 0.15) is 11.8 Å². The van der Waals surface area contributed by atoms with Gasteiger partial charge in [0.2, 0.25) is 5.88 Å². The summed E-state index contributed by atoms with van der Waals surface area (Å²) in [5.74, 6) is -0.111. The number of aryl methyl sites for hydroxylation is 1. The predicted molar refractivity (Wildman–Crippen MR) is 103 cm³/mol. The topological polar surface area (TPSA) is 89.7 Å². The van der Waals surface area contributed by atoms with Crippen LogP contribution >= 0.6 is 0 Å². The first-order valence-corrected chi connectivity index (χ1v) is 9.19. The minimum Gasteiger partial charge on any atom is -0.477 e. The van der Waals surface area contributed by atoms with Crippen LogP contribution in [0.25, 0.3) is 10.9 Å². The molecule has 3 heterocycles. The molecule has 4 rings (SSSR count). The zero-order valence-electron chi connectivity index (χ0n) is 15.8. The smallest absolute Gasteiger partial charge is 0.352 e. The molecule has 2 aromatic heterocycles. The zero-order chi connectivity index (χ0) is 19.7. The fourth-order valence-electron chi connectivity index (χ4n) is 3.47. The molecular formula is C20H22N4O4. The van der Waals surface area contributed by atoms with E-state index in [1.54, 1.807) is 36.0 Å². The second-order valence-electron chi connectivity index (χ2n) is 6.99. The summed E-state index contributed by atoms with van der Waals surface area (Å²) < 4.78 is 13.5. The Balaban J connectivity index is 1.57. The molecule has 0 aliphatic carbocycles. The highest BCUT2D eigenvalue weighted by atomic mass is 16.5. The van der Waals surface area contributed by atoms with Gasteiger partial charge >= 0.3 is 12.0 Å². The third-order valence-electron chi connectivity index (χ3n) is 5.00. The van der Waals surface area contributed by atoms with Gasteiger partial charge in [-0.05, 0) is 32.0 Å². The van der Waals surface area contributed by atoms with E-state index in [1.165, 1.54) is 0 Å². The van der Waals surface area contributed by atoms with Crippen LogP contribution < -0.4 is 9.47 Å². The standard InChI is InChI=1S/C20H22N4O4/c1-23-10-7-14(8-11-23)27-20-21-9-6-17(22-20)28-16-5-3-4-13-12-15(19(25)26)24(2)18(13)16/h3-6,9,12,14H,7-8,10-11H2,1-2H3,(H,25,26). The fraction of sp³-hybridized carbons (Fsp3) is 0.350. The highest BCUT2D eigenvalue weighted by Gasteiger charge is 2.20. The summed E-state index contributed by atoms with van der Waals surface area (Å²) in [5, 5.41) is 10.1. The van der Waals surface area contributed by atoms with Crippen LogP contribution in [0, 0.1) is 0 Å². The Kier molecular flexibility index (Phi) is 4.87. The molecular weight excluding hydrogens is 360 g/mol. The Morgan fingerprint density at radius 2 is 2.00 bits per heavy atom. The largest absolute Gasteiger partial charge is 0.477 e. The van der Waals surface area contributed by atoms with Gasteiger partial charge in [0.25, 0.3) is 0 Å². The quantitative estimate of drug-likeness (QED) is 0.725. The van der Waals surface area contributed by atoms with Gasteiger partial charge in [-0.1, -0.05) is 12.1 Å². The van der Waals surface area contributed by atoms with Crippen molar-refractivity contribution in [2.45, 2.75) is 18.9 Å². The minimum atomic E-state index is -0.986. The summed E-state index contributed by atoms with van der Waals surface area (Å²) in [6.07, 6.45) is 3.57. The molecule has 1 N–H and O–H groups in total. The Bertz CT molecular complexity index is 1010. The third kappa shape index (κ3) is 3.63. The molecule has 0 saturated carbocycles. The zero-order valence-corrected chi connectivity index (χ0v) is 15.8. The number of benzene rings is 1. The highest BCUT2D eigenvalue weighted by Crippen LogP contribution is 2.31. The minimum absolute atomic E-state index is 0.0980. The van der Waals surface area contributed by atoms with Gasteiger partial charge in [0.15, 0.2) is 5.75 Å². The van der Waals surface area contributed by atoms with Crippen molar-refractivity contribution < 1.29 is 19.4 Å². The molecule has 1 aliphatic heterocycles. The average molecular weight is 382 g/mol. The van der Waals surface area contributed by atoms with Gasteiger partial charge in [-0.2, -0.15) is 4.98 Å². The first-order valence-electron chi connectivity index (χ1n) is 9.19. The Morgan fingerprint density at radius 1 is 1.21 bits per heavy atom. The maximum absolute atomic E-state index is 11.4.